The molecule has 150 valence electrons. The summed E-state index contributed by atoms with van der Waals surface area (Å²) in [6, 6.07) is 9.11. The summed E-state index contributed by atoms with van der Waals surface area (Å²) in [5.74, 6) is -0.0448. The molecule has 1 amide bonds. The van der Waals surface area contributed by atoms with Gasteiger partial charge in [-0.1, -0.05) is 18.2 Å². The molecule has 1 aliphatic rings. The SMILES string of the molecule is CC(C)(NC(=O)c1cccnc1CC(O)C(N)Cc1ccccc1F)C1CC1. The molecule has 0 radical (unpaired) electrons. The quantitative estimate of drug-likeness (QED) is 0.652. The van der Waals surface area contributed by atoms with E-state index in [9.17, 15) is 14.3 Å². The summed E-state index contributed by atoms with van der Waals surface area (Å²) in [6.07, 6.45) is 3.22. The first-order valence-electron chi connectivity index (χ1n) is 9.71. The molecular formula is C22H28FN3O2. The Morgan fingerprint density at radius 2 is 2.00 bits per heavy atom. The fourth-order valence-corrected chi connectivity index (χ4v) is 3.48. The monoisotopic (exact) mass is 385 g/mol. The number of rotatable bonds is 8. The van der Waals surface area contributed by atoms with Crippen molar-refractivity contribution >= 4 is 5.91 Å². The summed E-state index contributed by atoms with van der Waals surface area (Å²) in [4.78, 5) is 17.1. The van der Waals surface area contributed by atoms with Crippen molar-refractivity contribution in [2.45, 2.75) is 57.2 Å². The highest BCUT2D eigenvalue weighted by molar-refractivity contribution is 5.95. The van der Waals surface area contributed by atoms with Crippen LogP contribution in [-0.2, 0) is 12.8 Å². The molecule has 2 unspecified atom stereocenters. The summed E-state index contributed by atoms with van der Waals surface area (Å²) in [6.45, 7) is 4.05. The summed E-state index contributed by atoms with van der Waals surface area (Å²) < 4.78 is 13.8. The van der Waals surface area contributed by atoms with Crippen LogP contribution in [0.25, 0.3) is 0 Å². The van der Waals surface area contributed by atoms with Gasteiger partial charge in [0.25, 0.3) is 5.91 Å². The second kappa shape index (κ2) is 8.37. The van der Waals surface area contributed by atoms with E-state index < -0.39 is 12.1 Å². The Bertz CT molecular complexity index is 836. The third-order valence-corrected chi connectivity index (χ3v) is 5.48. The Labute approximate surface area is 165 Å². The summed E-state index contributed by atoms with van der Waals surface area (Å²) in [5, 5.41) is 13.6. The lowest BCUT2D eigenvalue weighted by molar-refractivity contribution is 0.0900. The molecule has 1 aliphatic carbocycles. The van der Waals surface area contributed by atoms with Crippen LogP contribution in [0.5, 0.6) is 0 Å². The van der Waals surface area contributed by atoms with Crippen LogP contribution in [0.3, 0.4) is 0 Å². The van der Waals surface area contributed by atoms with Gasteiger partial charge in [0.15, 0.2) is 0 Å². The number of carbonyl (C=O) groups excluding carboxylic acids is 1. The van der Waals surface area contributed by atoms with Crippen LogP contribution in [0.15, 0.2) is 42.6 Å². The molecule has 2 aromatic rings. The Morgan fingerprint density at radius 3 is 2.68 bits per heavy atom. The van der Waals surface area contributed by atoms with E-state index in [1.54, 1.807) is 36.5 Å². The lowest BCUT2D eigenvalue weighted by atomic mass is 9.95. The Morgan fingerprint density at radius 1 is 1.29 bits per heavy atom. The van der Waals surface area contributed by atoms with Crippen LogP contribution in [0.4, 0.5) is 4.39 Å². The lowest BCUT2D eigenvalue weighted by Gasteiger charge is -2.27. The normalized spacial score (nSPS) is 16.5. The second-order valence-electron chi connectivity index (χ2n) is 8.18. The van der Waals surface area contributed by atoms with Crippen LogP contribution in [0.1, 0.15) is 48.3 Å². The number of hydrogen-bond acceptors (Lipinski definition) is 4. The molecule has 3 rings (SSSR count). The molecule has 0 bridgehead atoms. The molecule has 0 saturated heterocycles. The van der Waals surface area contributed by atoms with Crippen molar-refractivity contribution in [1.29, 1.82) is 0 Å². The third-order valence-electron chi connectivity index (χ3n) is 5.48. The Balaban J connectivity index is 1.68. The molecule has 6 heteroatoms. The fourth-order valence-electron chi connectivity index (χ4n) is 3.48. The predicted molar refractivity (Wildman–Crippen MR) is 106 cm³/mol. The third kappa shape index (κ3) is 4.94. The summed E-state index contributed by atoms with van der Waals surface area (Å²) in [7, 11) is 0. The van der Waals surface area contributed by atoms with E-state index in [1.165, 1.54) is 6.07 Å². The minimum absolute atomic E-state index is 0.128. The number of nitrogens with zero attached hydrogens (tertiary/aromatic N) is 1. The molecule has 4 N–H and O–H groups in total. The van der Waals surface area contributed by atoms with Crippen molar-refractivity contribution < 1.29 is 14.3 Å². The number of carbonyl (C=O) groups is 1. The van der Waals surface area contributed by atoms with Gasteiger partial charge in [-0.05, 0) is 62.8 Å². The second-order valence-corrected chi connectivity index (χ2v) is 8.18. The lowest BCUT2D eigenvalue weighted by Crippen LogP contribution is -2.45. The minimum atomic E-state index is -0.947. The molecule has 1 aromatic carbocycles. The first-order chi connectivity index (χ1) is 13.3. The van der Waals surface area contributed by atoms with Crippen LogP contribution in [0, 0.1) is 11.7 Å². The minimum Gasteiger partial charge on any atom is -0.391 e. The van der Waals surface area contributed by atoms with E-state index in [-0.39, 0.29) is 30.1 Å². The predicted octanol–water partition coefficient (Wildman–Crippen LogP) is 2.61. The van der Waals surface area contributed by atoms with Gasteiger partial charge in [-0.3, -0.25) is 9.78 Å². The first kappa shape index (κ1) is 20.4. The Hall–Kier alpha value is -2.31. The molecule has 1 heterocycles. The summed E-state index contributed by atoms with van der Waals surface area (Å²) >= 11 is 0. The average Bonchev–Trinajstić information content (AvgIpc) is 3.49. The maximum atomic E-state index is 13.8. The fraction of sp³-hybridized carbons (Fsp3) is 0.455. The molecule has 1 fully saturated rings. The van der Waals surface area contributed by atoms with E-state index in [1.807, 2.05) is 13.8 Å². The Kier molecular flexibility index (Phi) is 6.10. The highest BCUT2D eigenvalue weighted by Crippen LogP contribution is 2.39. The highest BCUT2D eigenvalue weighted by atomic mass is 19.1. The molecule has 28 heavy (non-hydrogen) atoms. The van der Waals surface area contributed by atoms with E-state index in [0.29, 0.717) is 22.7 Å². The number of hydrogen-bond donors (Lipinski definition) is 3. The largest absolute Gasteiger partial charge is 0.391 e. The van der Waals surface area contributed by atoms with Gasteiger partial charge in [-0.2, -0.15) is 0 Å². The van der Waals surface area contributed by atoms with E-state index in [2.05, 4.69) is 10.3 Å². The van der Waals surface area contributed by atoms with E-state index in [4.69, 9.17) is 5.73 Å². The van der Waals surface area contributed by atoms with Gasteiger partial charge in [0.2, 0.25) is 0 Å². The smallest absolute Gasteiger partial charge is 0.253 e. The topological polar surface area (TPSA) is 88.2 Å². The zero-order valence-electron chi connectivity index (χ0n) is 16.4. The van der Waals surface area contributed by atoms with E-state index in [0.717, 1.165) is 12.8 Å². The van der Waals surface area contributed by atoms with Crippen molar-refractivity contribution in [3.05, 3.63) is 65.2 Å². The van der Waals surface area contributed by atoms with Gasteiger partial charge < -0.3 is 16.2 Å². The van der Waals surface area contributed by atoms with Crippen LogP contribution in [0.2, 0.25) is 0 Å². The van der Waals surface area contributed by atoms with Gasteiger partial charge >= 0.3 is 0 Å². The van der Waals surface area contributed by atoms with Crippen LogP contribution < -0.4 is 11.1 Å². The van der Waals surface area contributed by atoms with Crippen molar-refractivity contribution in [3.63, 3.8) is 0 Å². The first-order valence-corrected chi connectivity index (χ1v) is 9.71. The van der Waals surface area contributed by atoms with Gasteiger partial charge in [0.05, 0.1) is 17.4 Å². The number of aromatic nitrogens is 1. The number of aliphatic hydroxyl groups excluding tert-OH is 1. The maximum Gasteiger partial charge on any atom is 0.253 e. The maximum absolute atomic E-state index is 13.8. The van der Waals surface area contributed by atoms with Crippen LogP contribution >= 0.6 is 0 Å². The molecule has 1 saturated carbocycles. The zero-order valence-corrected chi connectivity index (χ0v) is 16.4. The van der Waals surface area contributed by atoms with Crippen molar-refractivity contribution in [2.75, 3.05) is 0 Å². The number of aliphatic hydroxyl groups is 1. The average molecular weight is 385 g/mol. The molecule has 2 atom stereocenters. The zero-order chi connectivity index (χ0) is 20.3. The van der Waals surface area contributed by atoms with Gasteiger partial charge in [-0.25, -0.2) is 4.39 Å². The van der Waals surface area contributed by atoms with Crippen molar-refractivity contribution in [3.8, 4) is 0 Å². The van der Waals surface area contributed by atoms with E-state index >= 15 is 0 Å². The van der Waals surface area contributed by atoms with Crippen LogP contribution in [-0.4, -0.2) is 33.7 Å². The number of pyridine rings is 1. The molecule has 5 nitrogen and oxygen atoms in total. The van der Waals surface area contributed by atoms with Gasteiger partial charge in [-0.15, -0.1) is 0 Å². The standard InChI is InChI=1S/C22H28FN3O2/c1-22(2,15-9-10-15)26-21(28)16-7-5-11-25-19(16)13-20(27)18(24)12-14-6-3-4-8-17(14)23/h3-8,11,15,18,20,27H,9-10,12-13,24H2,1-2H3,(H,26,28). The van der Waals surface area contributed by atoms with Gasteiger partial charge in [0.1, 0.15) is 5.82 Å². The molecule has 0 spiro atoms. The molecular weight excluding hydrogens is 357 g/mol. The number of halogens is 1. The highest BCUT2D eigenvalue weighted by Gasteiger charge is 2.39. The number of nitrogens with one attached hydrogen (secondary N) is 1. The van der Waals surface area contributed by atoms with Crippen molar-refractivity contribution in [2.24, 2.45) is 11.7 Å². The van der Waals surface area contributed by atoms with Crippen molar-refractivity contribution in [1.82, 2.24) is 10.3 Å². The number of benzene rings is 1. The summed E-state index contributed by atoms with van der Waals surface area (Å²) in [5.41, 5.74) is 7.21. The number of amides is 1. The van der Waals surface area contributed by atoms with Gasteiger partial charge in [0, 0.05) is 24.2 Å². The molecule has 1 aromatic heterocycles. The number of nitrogens with two attached hydrogens (primary N) is 1. The molecule has 0 aliphatic heterocycles.